The first kappa shape index (κ1) is 23.8. The molecule has 0 bridgehead atoms. The highest BCUT2D eigenvalue weighted by Crippen LogP contribution is 2.20. The first-order chi connectivity index (χ1) is 17.1. The van der Waals surface area contributed by atoms with Crippen LogP contribution in [0.3, 0.4) is 0 Å². The monoisotopic (exact) mass is 473 g/mol. The summed E-state index contributed by atoms with van der Waals surface area (Å²) in [4.78, 5) is 38.9. The average molecular weight is 474 g/mol. The Morgan fingerprint density at radius 3 is 2.29 bits per heavy atom. The van der Waals surface area contributed by atoms with Gasteiger partial charge in [-0.25, -0.2) is 9.59 Å². The molecule has 8 heteroatoms. The van der Waals surface area contributed by atoms with Gasteiger partial charge in [-0.05, 0) is 28.8 Å². The normalized spacial score (nSPS) is 13.6. The van der Waals surface area contributed by atoms with Gasteiger partial charge in [0.05, 0.1) is 6.54 Å². The van der Waals surface area contributed by atoms with Crippen molar-refractivity contribution in [3.8, 4) is 0 Å². The lowest BCUT2D eigenvalue weighted by Gasteiger charge is -2.19. The van der Waals surface area contributed by atoms with Gasteiger partial charge in [0.25, 0.3) is 0 Å². The predicted octanol–water partition coefficient (Wildman–Crippen LogP) is 3.80. The number of hydrogen-bond donors (Lipinski definition) is 2. The molecule has 180 valence electrons. The van der Waals surface area contributed by atoms with Gasteiger partial charge in [-0.3, -0.25) is 9.69 Å². The molecule has 3 aromatic carbocycles. The van der Waals surface area contributed by atoms with E-state index in [1.807, 2.05) is 84.9 Å². The molecule has 0 unspecified atom stereocenters. The molecular formula is C27H27N3O5. The topological polar surface area (TPSA) is 97.0 Å². The van der Waals surface area contributed by atoms with Gasteiger partial charge in [0.2, 0.25) is 5.91 Å². The van der Waals surface area contributed by atoms with E-state index in [2.05, 4.69) is 10.6 Å². The van der Waals surface area contributed by atoms with Crippen LogP contribution in [0.2, 0.25) is 0 Å². The van der Waals surface area contributed by atoms with E-state index in [9.17, 15) is 14.4 Å². The Morgan fingerprint density at radius 2 is 1.60 bits per heavy atom. The van der Waals surface area contributed by atoms with Gasteiger partial charge < -0.3 is 20.1 Å². The van der Waals surface area contributed by atoms with Crippen molar-refractivity contribution in [1.82, 2.24) is 10.6 Å². The van der Waals surface area contributed by atoms with Crippen molar-refractivity contribution in [2.75, 3.05) is 18.1 Å². The molecule has 0 radical (unpaired) electrons. The maximum atomic E-state index is 13.1. The van der Waals surface area contributed by atoms with E-state index in [1.165, 1.54) is 0 Å². The van der Waals surface area contributed by atoms with Crippen LogP contribution in [0.4, 0.5) is 15.3 Å². The van der Waals surface area contributed by atoms with Crippen LogP contribution in [0.1, 0.15) is 16.7 Å². The molecular weight excluding hydrogens is 446 g/mol. The number of carbonyl (C=O) groups excluding carboxylic acids is 3. The number of cyclic esters (lactones) is 1. The van der Waals surface area contributed by atoms with Gasteiger partial charge in [0.15, 0.2) is 0 Å². The van der Waals surface area contributed by atoms with Gasteiger partial charge in [-0.2, -0.15) is 0 Å². The van der Waals surface area contributed by atoms with Gasteiger partial charge >= 0.3 is 12.2 Å². The molecule has 4 rings (SSSR count). The van der Waals surface area contributed by atoms with Crippen molar-refractivity contribution in [1.29, 1.82) is 0 Å². The predicted molar refractivity (Wildman–Crippen MR) is 131 cm³/mol. The molecule has 1 fully saturated rings. The molecule has 1 atom stereocenters. The summed E-state index contributed by atoms with van der Waals surface area (Å²) >= 11 is 0. The van der Waals surface area contributed by atoms with Crippen molar-refractivity contribution in [3.63, 3.8) is 0 Å². The standard InChI is InChI=1S/C27H27N3O5/c31-25(28-18-22-12-7-13-23(16-22)30-14-15-34-27(30)33)24(17-20-8-3-1-4-9-20)29-26(32)35-19-21-10-5-2-6-11-21/h1-13,16,24H,14-15,17-19H2,(H,28,31)(H,29,32)/t24-/m0/s1. The number of hydrogen-bond acceptors (Lipinski definition) is 5. The fourth-order valence-electron chi connectivity index (χ4n) is 3.74. The lowest BCUT2D eigenvalue weighted by molar-refractivity contribution is -0.123. The minimum atomic E-state index is -0.822. The van der Waals surface area contributed by atoms with Crippen LogP contribution in [-0.4, -0.2) is 37.3 Å². The number of benzene rings is 3. The van der Waals surface area contributed by atoms with Crippen LogP contribution in [-0.2, 0) is 33.8 Å². The summed E-state index contributed by atoms with van der Waals surface area (Å²) in [5, 5.41) is 5.57. The molecule has 0 aromatic heterocycles. The number of carbonyl (C=O) groups is 3. The molecule has 0 aliphatic carbocycles. The van der Waals surface area contributed by atoms with Gasteiger partial charge in [-0.1, -0.05) is 72.8 Å². The zero-order chi connectivity index (χ0) is 24.5. The maximum Gasteiger partial charge on any atom is 0.414 e. The van der Waals surface area contributed by atoms with Gasteiger partial charge in [0.1, 0.15) is 19.3 Å². The van der Waals surface area contributed by atoms with E-state index in [1.54, 1.807) is 4.90 Å². The third-order valence-electron chi connectivity index (χ3n) is 5.55. The number of amides is 3. The first-order valence-corrected chi connectivity index (χ1v) is 11.4. The van der Waals surface area contributed by atoms with E-state index in [0.29, 0.717) is 25.3 Å². The van der Waals surface area contributed by atoms with Crippen molar-refractivity contribution >= 4 is 23.8 Å². The Hall–Kier alpha value is -4.33. The molecule has 1 aliphatic rings. The number of anilines is 1. The van der Waals surface area contributed by atoms with Crippen LogP contribution in [0.15, 0.2) is 84.9 Å². The lowest BCUT2D eigenvalue weighted by Crippen LogP contribution is -2.48. The average Bonchev–Trinajstić information content (AvgIpc) is 3.33. The molecule has 8 nitrogen and oxygen atoms in total. The Kier molecular flexibility index (Phi) is 7.96. The van der Waals surface area contributed by atoms with Crippen LogP contribution < -0.4 is 15.5 Å². The highest BCUT2D eigenvalue weighted by atomic mass is 16.6. The lowest BCUT2D eigenvalue weighted by atomic mass is 10.1. The highest BCUT2D eigenvalue weighted by molar-refractivity contribution is 5.89. The summed E-state index contributed by atoms with van der Waals surface area (Å²) in [5.41, 5.74) is 3.29. The minimum absolute atomic E-state index is 0.109. The molecule has 2 N–H and O–H groups in total. The third-order valence-corrected chi connectivity index (χ3v) is 5.55. The number of ether oxygens (including phenoxy) is 2. The van der Waals surface area contributed by atoms with Crippen LogP contribution in [0.25, 0.3) is 0 Å². The fraction of sp³-hybridized carbons (Fsp3) is 0.222. The summed E-state index contributed by atoms with van der Waals surface area (Å²) in [5.74, 6) is -0.337. The smallest absolute Gasteiger partial charge is 0.414 e. The molecule has 0 saturated carbocycles. The van der Waals surface area contributed by atoms with E-state index in [0.717, 1.165) is 16.7 Å². The highest BCUT2D eigenvalue weighted by Gasteiger charge is 2.24. The van der Waals surface area contributed by atoms with E-state index >= 15 is 0 Å². The molecule has 3 amide bonds. The van der Waals surface area contributed by atoms with Crippen molar-refractivity contribution in [2.45, 2.75) is 25.6 Å². The van der Waals surface area contributed by atoms with Crippen molar-refractivity contribution in [2.24, 2.45) is 0 Å². The minimum Gasteiger partial charge on any atom is -0.447 e. The zero-order valence-electron chi connectivity index (χ0n) is 19.2. The summed E-state index contributed by atoms with van der Waals surface area (Å²) in [6, 6.07) is 25.3. The summed E-state index contributed by atoms with van der Waals surface area (Å²) < 4.78 is 10.3. The largest absolute Gasteiger partial charge is 0.447 e. The molecule has 35 heavy (non-hydrogen) atoms. The Balaban J connectivity index is 1.38. The third kappa shape index (κ3) is 6.83. The zero-order valence-corrected chi connectivity index (χ0v) is 19.2. The number of rotatable bonds is 9. The number of nitrogens with zero attached hydrogens (tertiary/aromatic N) is 1. The number of alkyl carbamates (subject to hydrolysis) is 1. The molecule has 0 spiro atoms. The van der Waals surface area contributed by atoms with Crippen LogP contribution in [0.5, 0.6) is 0 Å². The van der Waals surface area contributed by atoms with E-state index in [4.69, 9.17) is 9.47 Å². The Morgan fingerprint density at radius 1 is 0.914 bits per heavy atom. The summed E-state index contributed by atoms with van der Waals surface area (Å²) in [6.45, 7) is 1.19. The van der Waals surface area contributed by atoms with E-state index in [-0.39, 0.29) is 25.2 Å². The molecule has 1 aliphatic heterocycles. The quantitative estimate of drug-likeness (QED) is 0.493. The molecule has 1 saturated heterocycles. The Labute approximate surface area is 203 Å². The van der Waals surface area contributed by atoms with Crippen LogP contribution in [0, 0.1) is 0 Å². The van der Waals surface area contributed by atoms with Gasteiger partial charge in [0, 0.05) is 18.7 Å². The van der Waals surface area contributed by atoms with Crippen molar-refractivity contribution < 1.29 is 23.9 Å². The van der Waals surface area contributed by atoms with E-state index < -0.39 is 12.1 Å². The van der Waals surface area contributed by atoms with Crippen molar-refractivity contribution in [3.05, 3.63) is 102 Å². The second-order valence-corrected chi connectivity index (χ2v) is 8.10. The Bertz CT molecular complexity index is 1150. The summed E-state index contributed by atoms with van der Waals surface area (Å²) in [7, 11) is 0. The SMILES string of the molecule is O=C(N[C@@H](Cc1ccccc1)C(=O)NCc1cccc(N2CCOC2=O)c1)OCc1ccccc1. The maximum absolute atomic E-state index is 13.1. The second kappa shape index (κ2) is 11.7. The number of nitrogens with one attached hydrogen (secondary N) is 2. The van der Waals surface area contributed by atoms with Gasteiger partial charge in [-0.15, -0.1) is 0 Å². The fourth-order valence-corrected chi connectivity index (χ4v) is 3.74. The second-order valence-electron chi connectivity index (χ2n) is 8.10. The molecule has 3 aromatic rings. The molecule has 1 heterocycles. The summed E-state index contributed by atoms with van der Waals surface area (Å²) in [6.07, 6.45) is -0.737. The van der Waals surface area contributed by atoms with Crippen LogP contribution >= 0.6 is 0 Å². The first-order valence-electron chi connectivity index (χ1n) is 11.4.